The zero-order chi connectivity index (χ0) is 14.5. The average Bonchev–Trinajstić information content (AvgIpc) is 2.48. The summed E-state index contributed by atoms with van der Waals surface area (Å²) >= 11 is 6.11. The summed E-state index contributed by atoms with van der Waals surface area (Å²) in [7, 11) is 3.10. The van der Waals surface area contributed by atoms with E-state index in [9.17, 15) is 0 Å². The second-order valence-corrected chi connectivity index (χ2v) is 4.38. The number of hydrogen-bond donors (Lipinski definition) is 1. The molecule has 0 aliphatic carbocycles. The van der Waals surface area contributed by atoms with Crippen LogP contribution >= 0.6 is 11.6 Å². The quantitative estimate of drug-likeness (QED) is 0.925. The number of nitriles is 1. The van der Waals surface area contributed by atoms with E-state index in [0.29, 0.717) is 33.5 Å². The molecule has 2 aromatic carbocycles. The predicted octanol–water partition coefficient (Wildman–Crippen LogP) is 3.97. The first kappa shape index (κ1) is 14.0. The molecule has 2 aromatic rings. The molecule has 0 fully saturated rings. The number of halogens is 1. The average molecular weight is 289 g/mol. The van der Waals surface area contributed by atoms with E-state index in [-0.39, 0.29) is 0 Å². The van der Waals surface area contributed by atoms with Crippen molar-refractivity contribution in [3.63, 3.8) is 0 Å². The molecule has 0 amide bonds. The van der Waals surface area contributed by atoms with Crippen molar-refractivity contribution in [3.05, 3.63) is 47.0 Å². The molecule has 0 aromatic heterocycles. The van der Waals surface area contributed by atoms with E-state index in [1.807, 2.05) is 18.2 Å². The number of para-hydroxylation sites is 1. The number of benzene rings is 2. The molecule has 2 rings (SSSR count). The molecule has 4 nitrogen and oxygen atoms in total. The van der Waals surface area contributed by atoms with Crippen molar-refractivity contribution in [3.8, 4) is 17.6 Å². The lowest BCUT2D eigenvalue weighted by atomic mass is 10.2. The molecule has 0 saturated heterocycles. The minimum absolute atomic E-state index is 0.463. The van der Waals surface area contributed by atoms with E-state index in [1.165, 1.54) is 0 Å². The van der Waals surface area contributed by atoms with Gasteiger partial charge in [-0.3, -0.25) is 0 Å². The second-order valence-electron chi connectivity index (χ2n) is 3.97. The Labute approximate surface area is 122 Å². The third-order valence-electron chi connectivity index (χ3n) is 2.79. The first-order valence-corrected chi connectivity index (χ1v) is 6.25. The number of methoxy groups -OCH3 is 2. The minimum atomic E-state index is 0.463. The van der Waals surface area contributed by atoms with Crippen molar-refractivity contribution in [2.75, 3.05) is 19.5 Å². The number of ether oxygens (including phenoxy) is 2. The van der Waals surface area contributed by atoms with Gasteiger partial charge in [-0.1, -0.05) is 23.7 Å². The SMILES string of the molecule is COc1cc(OC)c(Nc2ccccc2C#N)cc1Cl. The van der Waals surface area contributed by atoms with Crippen molar-refractivity contribution >= 4 is 23.0 Å². The van der Waals surface area contributed by atoms with Gasteiger partial charge in [0.15, 0.2) is 0 Å². The topological polar surface area (TPSA) is 54.3 Å². The summed E-state index contributed by atoms with van der Waals surface area (Å²) < 4.78 is 10.4. The maximum atomic E-state index is 9.09. The first-order valence-electron chi connectivity index (χ1n) is 5.87. The Morgan fingerprint density at radius 2 is 1.75 bits per heavy atom. The zero-order valence-electron chi connectivity index (χ0n) is 11.1. The van der Waals surface area contributed by atoms with E-state index in [0.717, 1.165) is 0 Å². The smallest absolute Gasteiger partial charge is 0.146 e. The van der Waals surface area contributed by atoms with Crippen LogP contribution in [-0.2, 0) is 0 Å². The summed E-state index contributed by atoms with van der Waals surface area (Å²) in [5.41, 5.74) is 1.90. The maximum Gasteiger partial charge on any atom is 0.146 e. The van der Waals surface area contributed by atoms with Crippen LogP contribution in [0.4, 0.5) is 11.4 Å². The van der Waals surface area contributed by atoms with Crippen LogP contribution < -0.4 is 14.8 Å². The van der Waals surface area contributed by atoms with E-state index in [1.54, 1.807) is 32.4 Å². The van der Waals surface area contributed by atoms with Crippen molar-refractivity contribution in [1.29, 1.82) is 5.26 Å². The lowest BCUT2D eigenvalue weighted by Gasteiger charge is -2.14. The normalized spacial score (nSPS) is 9.70. The number of anilines is 2. The van der Waals surface area contributed by atoms with Gasteiger partial charge in [-0.25, -0.2) is 0 Å². The molecule has 0 radical (unpaired) electrons. The highest BCUT2D eigenvalue weighted by Crippen LogP contribution is 2.37. The van der Waals surface area contributed by atoms with Gasteiger partial charge in [-0.05, 0) is 18.2 Å². The fourth-order valence-electron chi connectivity index (χ4n) is 1.79. The van der Waals surface area contributed by atoms with Crippen LogP contribution in [-0.4, -0.2) is 14.2 Å². The number of hydrogen-bond acceptors (Lipinski definition) is 4. The highest BCUT2D eigenvalue weighted by Gasteiger charge is 2.11. The molecule has 0 bridgehead atoms. The van der Waals surface area contributed by atoms with Crippen LogP contribution in [0.3, 0.4) is 0 Å². The Kier molecular flexibility index (Phi) is 4.34. The van der Waals surface area contributed by atoms with Crippen LogP contribution in [0.5, 0.6) is 11.5 Å². The van der Waals surface area contributed by atoms with Crippen LogP contribution in [0.1, 0.15) is 5.56 Å². The summed E-state index contributed by atoms with van der Waals surface area (Å²) in [6, 6.07) is 12.7. The van der Waals surface area contributed by atoms with Crippen molar-refractivity contribution < 1.29 is 9.47 Å². The largest absolute Gasteiger partial charge is 0.495 e. The molecule has 0 atom stereocenters. The van der Waals surface area contributed by atoms with Crippen molar-refractivity contribution in [2.24, 2.45) is 0 Å². The highest BCUT2D eigenvalue weighted by molar-refractivity contribution is 6.32. The highest BCUT2D eigenvalue weighted by atomic mass is 35.5. The molecule has 5 heteroatoms. The van der Waals surface area contributed by atoms with E-state index < -0.39 is 0 Å². The molecule has 0 spiro atoms. The standard InChI is InChI=1S/C15H13ClN2O2/c1-19-14-8-15(20-2)13(7-11(14)16)18-12-6-4-3-5-10(12)9-17/h3-8,18H,1-2H3. The van der Waals surface area contributed by atoms with Gasteiger partial charge in [0.1, 0.15) is 17.6 Å². The number of nitrogens with one attached hydrogen (secondary N) is 1. The Hall–Kier alpha value is -2.38. The van der Waals surface area contributed by atoms with Gasteiger partial charge in [0.05, 0.1) is 36.2 Å². The maximum absolute atomic E-state index is 9.09. The molecular weight excluding hydrogens is 276 g/mol. The van der Waals surface area contributed by atoms with Gasteiger partial charge in [0.25, 0.3) is 0 Å². The molecule has 0 heterocycles. The van der Waals surface area contributed by atoms with E-state index in [2.05, 4.69) is 11.4 Å². The summed E-state index contributed by atoms with van der Waals surface area (Å²) in [5.74, 6) is 1.11. The summed E-state index contributed by atoms with van der Waals surface area (Å²) in [6.07, 6.45) is 0. The fraction of sp³-hybridized carbons (Fsp3) is 0.133. The minimum Gasteiger partial charge on any atom is -0.495 e. The second kappa shape index (κ2) is 6.18. The van der Waals surface area contributed by atoms with Gasteiger partial charge in [-0.2, -0.15) is 5.26 Å². The molecule has 1 N–H and O–H groups in total. The number of rotatable bonds is 4. The lowest BCUT2D eigenvalue weighted by Crippen LogP contribution is -1.98. The zero-order valence-corrected chi connectivity index (χ0v) is 11.9. The molecule has 0 saturated carbocycles. The van der Waals surface area contributed by atoms with Crippen molar-refractivity contribution in [1.82, 2.24) is 0 Å². The Bertz CT molecular complexity index is 665. The van der Waals surface area contributed by atoms with Crippen LogP contribution in [0.15, 0.2) is 36.4 Å². The van der Waals surface area contributed by atoms with Crippen LogP contribution in [0.25, 0.3) is 0 Å². The Morgan fingerprint density at radius 1 is 1.05 bits per heavy atom. The first-order chi connectivity index (χ1) is 9.69. The van der Waals surface area contributed by atoms with Gasteiger partial charge in [0, 0.05) is 6.07 Å². The molecule has 102 valence electrons. The summed E-state index contributed by atoms with van der Waals surface area (Å²) in [5, 5.41) is 12.7. The molecular formula is C15H13ClN2O2. The molecule has 0 aliphatic rings. The predicted molar refractivity (Wildman–Crippen MR) is 79.0 cm³/mol. The summed E-state index contributed by atoms with van der Waals surface area (Å²) in [6.45, 7) is 0. The van der Waals surface area contributed by atoms with Crippen LogP contribution in [0.2, 0.25) is 5.02 Å². The van der Waals surface area contributed by atoms with Gasteiger partial charge >= 0.3 is 0 Å². The fourth-order valence-corrected chi connectivity index (χ4v) is 2.03. The van der Waals surface area contributed by atoms with E-state index >= 15 is 0 Å². The van der Waals surface area contributed by atoms with Gasteiger partial charge in [0.2, 0.25) is 0 Å². The lowest BCUT2D eigenvalue weighted by molar-refractivity contribution is 0.396. The van der Waals surface area contributed by atoms with Crippen molar-refractivity contribution in [2.45, 2.75) is 0 Å². The monoisotopic (exact) mass is 288 g/mol. The third-order valence-corrected chi connectivity index (χ3v) is 3.09. The Morgan fingerprint density at radius 3 is 2.40 bits per heavy atom. The van der Waals surface area contributed by atoms with Gasteiger partial charge < -0.3 is 14.8 Å². The third kappa shape index (κ3) is 2.79. The van der Waals surface area contributed by atoms with E-state index in [4.69, 9.17) is 26.3 Å². The van der Waals surface area contributed by atoms with Gasteiger partial charge in [-0.15, -0.1) is 0 Å². The molecule has 0 aliphatic heterocycles. The molecule has 0 unspecified atom stereocenters. The Balaban J connectivity index is 2.43. The number of nitrogens with zero attached hydrogens (tertiary/aromatic N) is 1. The van der Waals surface area contributed by atoms with Crippen LogP contribution in [0, 0.1) is 11.3 Å². The summed E-state index contributed by atoms with van der Waals surface area (Å²) in [4.78, 5) is 0. The molecule has 20 heavy (non-hydrogen) atoms.